The van der Waals surface area contributed by atoms with Crippen molar-refractivity contribution in [3.63, 3.8) is 0 Å². The molecule has 1 heterocycles. The molecule has 0 amide bonds. The third-order valence-corrected chi connectivity index (χ3v) is 2.15. The van der Waals surface area contributed by atoms with E-state index in [-0.39, 0.29) is 25.0 Å². The second kappa shape index (κ2) is 4.26. The minimum Gasteiger partial charge on any atom is -0.462 e. The molecule has 0 aromatic carbocycles. The van der Waals surface area contributed by atoms with Gasteiger partial charge in [0, 0.05) is 5.57 Å². The van der Waals surface area contributed by atoms with E-state index in [1.54, 1.807) is 6.92 Å². The maximum absolute atomic E-state index is 11.4. The van der Waals surface area contributed by atoms with Gasteiger partial charge in [-0.3, -0.25) is 4.79 Å². The summed E-state index contributed by atoms with van der Waals surface area (Å²) >= 11 is 0. The summed E-state index contributed by atoms with van der Waals surface area (Å²) in [7, 11) is 0. The number of carbonyl (C=O) groups is 2. The highest BCUT2D eigenvalue weighted by molar-refractivity contribution is 5.89. The molecule has 78 valence electrons. The lowest BCUT2D eigenvalue weighted by molar-refractivity contribution is -0.144. The Morgan fingerprint density at radius 3 is 2.50 bits per heavy atom. The van der Waals surface area contributed by atoms with Crippen LogP contribution in [0.25, 0.3) is 0 Å². The molecule has 0 saturated carbocycles. The Kier molecular flexibility index (Phi) is 3.28. The first-order valence-electron chi connectivity index (χ1n) is 4.51. The highest BCUT2D eigenvalue weighted by atomic mass is 16.6. The number of ether oxygens (including phenoxy) is 2. The Bertz CT molecular complexity index is 286. The zero-order chi connectivity index (χ0) is 10.7. The van der Waals surface area contributed by atoms with Crippen LogP contribution in [0.4, 0.5) is 0 Å². The van der Waals surface area contributed by atoms with E-state index in [1.807, 2.05) is 13.8 Å². The maximum Gasteiger partial charge on any atom is 0.334 e. The average molecular weight is 198 g/mol. The van der Waals surface area contributed by atoms with Gasteiger partial charge in [0.1, 0.15) is 12.7 Å². The summed E-state index contributed by atoms with van der Waals surface area (Å²) < 4.78 is 9.74. The molecule has 1 rings (SSSR count). The van der Waals surface area contributed by atoms with Crippen molar-refractivity contribution in [1.82, 2.24) is 0 Å². The minimum atomic E-state index is -0.413. The van der Waals surface area contributed by atoms with Crippen LogP contribution in [-0.2, 0) is 19.1 Å². The van der Waals surface area contributed by atoms with Gasteiger partial charge < -0.3 is 9.47 Å². The molecule has 1 aliphatic heterocycles. The quantitative estimate of drug-likeness (QED) is 0.494. The second-order valence-corrected chi connectivity index (χ2v) is 3.54. The molecule has 4 nitrogen and oxygen atoms in total. The summed E-state index contributed by atoms with van der Waals surface area (Å²) in [5.41, 5.74) is 1.50. The molecule has 4 heteroatoms. The highest BCUT2D eigenvalue weighted by Gasteiger charge is 2.27. The summed E-state index contributed by atoms with van der Waals surface area (Å²) in [6, 6.07) is 0. The number of hydrogen-bond donors (Lipinski definition) is 0. The number of cyclic esters (lactones) is 1. The Balaban J connectivity index is 2.50. The summed E-state index contributed by atoms with van der Waals surface area (Å²) in [5, 5.41) is 0. The van der Waals surface area contributed by atoms with E-state index in [2.05, 4.69) is 4.74 Å². The lowest BCUT2D eigenvalue weighted by atomic mass is 10.2. The van der Waals surface area contributed by atoms with Crippen LogP contribution in [0.1, 0.15) is 27.2 Å². The van der Waals surface area contributed by atoms with E-state index in [9.17, 15) is 9.59 Å². The van der Waals surface area contributed by atoms with Gasteiger partial charge in [-0.2, -0.15) is 0 Å². The molecular weight excluding hydrogens is 184 g/mol. The van der Waals surface area contributed by atoms with Crippen LogP contribution in [0.15, 0.2) is 11.1 Å². The van der Waals surface area contributed by atoms with E-state index in [4.69, 9.17) is 4.74 Å². The SMILES string of the molecule is CC(C)=C(C)C(=O)OC1COC(=O)C1. The largest absolute Gasteiger partial charge is 0.462 e. The van der Waals surface area contributed by atoms with E-state index < -0.39 is 6.10 Å². The molecule has 0 aliphatic carbocycles. The van der Waals surface area contributed by atoms with Crippen LogP contribution in [0.2, 0.25) is 0 Å². The van der Waals surface area contributed by atoms with Crippen LogP contribution >= 0.6 is 0 Å². The van der Waals surface area contributed by atoms with E-state index in [0.717, 1.165) is 5.57 Å². The van der Waals surface area contributed by atoms with Crippen LogP contribution in [-0.4, -0.2) is 24.6 Å². The van der Waals surface area contributed by atoms with Crippen molar-refractivity contribution < 1.29 is 19.1 Å². The monoisotopic (exact) mass is 198 g/mol. The van der Waals surface area contributed by atoms with Gasteiger partial charge in [0.25, 0.3) is 0 Å². The molecule has 1 aliphatic rings. The minimum absolute atomic E-state index is 0.168. The Morgan fingerprint density at radius 2 is 2.07 bits per heavy atom. The van der Waals surface area contributed by atoms with E-state index in [0.29, 0.717) is 5.57 Å². The lowest BCUT2D eigenvalue weighted by Crippen LogP contribution is -2.19. The van der Waals surface area contributed by atoms with Crippen molar-refractivity contribution >= 4 is 11.9 Å². The second-order valence-electron chi connectivity index (χ2n) is 3.54. The summed E-state index contributed by atoms with van der Waals surface area (Å²) in [6.07, 6.45) is -0.244. The third kappa shape index (κ3) is 2.58. The smallest absolute Gasteiger partial charge is 0.334 e. The third-order valence-electron chi connectivity index (χ3n) is 2.15. The predicted octanol–water partition coefficient (Wildman–Crippen LogP) is 1.20. The maximum atomic E-state index is 11.4. The zero-order valence-electron chi connectivity index (χ0n) is 8.62. The first-order valence-corrected chi connectivity index (χ1v) is 4.51. The zero-order valence-corrected chi connectivity index (χ0v) is 8.62. The predicted molar refractivity (Wildman–Crippen MR) is 49.5 cm³/mol. The van der Waals surface area contributed by atoms with Crippen LogP contribution in [0, 0.1) is 0 Å². The van der Waals surface area contributed by atoms with Gasteiger partial charge in [-0.25, -0.2) is 4.79 Å². The van der Waals surface area contributed by atoms with Crippen molar-refractivity contribution in [3.05, 3.63) is 11.1 Å². The molecule has 14 heavy (non-hydrogen) atoms. The van der Waals surface area contributed by atoms with Gasteiger partial charge in [0.15, 0.2) is 0 Å². The molecule has 0 aromatic heterocycles. The van der Waals surface area contributed by atoms with E-state index in [1.165, 1.54) is 0 Å². The standard InChI is InChI=1S/C10H14O4/c1-6(2)7(3)10(12)14-8-4-9(11)13-5-8/h8H,4-5H2,1-3H3. The topological polar surface area (TPSA) is 52.6 Å². The Morgan fingerprint density at radius 1 is 1.43 bits per heavy atom. The van der Waals surface area contributed by atoms with Crippen molar-refractivity contribution in [2.75, 3.05) is 6.61 Å². The van der Waals surface area contributed by atoms with Crippen LogP contribution < -0.4 is 0 Å². The Labute approximate surface area is 82.9 Å². The van der Waals surface area contributed by atoms with Gasteiger partial charge in [-0.05, 0) is 20.8 Å². The van der Waals surface area contributed by atoms with Gasteiger partial charge in [0.05, 0.1) is 6.42 Å². The molecule has 1 atom stereocenters. The molecule has 0 bridgehead atoms. The van der Waals surface area contributed by atoms with Crippen molar-refractivity contribution in [2.45, 2.75) is 33.3 Å². The molecule has 0 N–H and O–H groups in total. The lowest BCUT2D eigenvalue weighted by Gasteiger charge is -2.09. The summed E-state index contributed by atoms with van der Waals surface area (Å²) in [6.45, 7) is 5.57. The fourth-order valence-electron chi connectivity index (χ4n) is 1.01. The summed E-state index contributed by atoms with van der Waals surface area (Å²) in [4.78, 5) is 22.1. The first-order chi connectivity index (χ1) is 6.50. The van der Waals surface area contributed by atoms with Gasteiger partial charge in [-0.15, -0.1) is 0 Å². The van der Waals surface area contributed by atoms with Gasteiger partial charge in [0.2, 0.25) is 0 Å². The summed E-state index contributed by atoms with van der Waals surface area (Å²) in [5.74, 6) is -0.675. The fourth-order valence-corrected chi connectivity index (χ4v) is 1.01. The number of allylic oxidation sites excluding steroid dienone is 1. The van der Waals surface area contributed by atoms with Crippen molar-refractivity contribution in [3.8, 4) is 0 Å². The average Bonchev–Trinajstić information content (AvgIpc) is 2.49. The molecule has 0 aromatic rings. The molecule has 0 spiro atoms. The van der Waals surface area contributed by atoms with Gasteiger partial charge in [-0.1, -0.05) is 5.57 Å². The molecule has 1 unspecified atom stereocenters. The molecule has 1 fully saturated rings. The van der Waals surface area contributed by atoms with Crippen molar-refractivity contribution in [1.29, 1.82) is 0 Å². The van der Waals surface area contributed by atoms with Crippen molar-refractivity contribution in [2.24, 2.45) is 0 Å². The van der Waals surface area contributed by atoms with Crippen LogP contribution in [0.3, 0.4) is 0 Å². The Hall–Kier alpha value is -1.32. The van der Waals surface area contributed by atoms with E-state index >= 15 is 0 Å². The van der Waals surface area contributed by atoms with Crippen LogP contribution in [0.5, 0.6) is 0 Å². The number of hydrogen-bond acceptors (Lipinski definition) is 4. The molecular formula is C10H14O4. The molecule has 1 saturated heterocycles. The normalized spacial score (nSPS) is 20.2. The fraction of sp³-hybridized carbons (Fsp3) is 0.600. The first kappa shape index (κ1) is 10.8. The highest BCUT2D eigenvalue weighted by Crippen LogP contribution is 2.13. The van der Waals surface area contributed by atoms with Gasteiger partial charge >= 0.3 is 11.9 Å². The number of carbonyl (C=O) groups excluding carboxylic acids is 2. The number of esters is 2. The molecule has 0 radical (unpaired) electrons. The number of rotatable bonds is 2.